The lowest BCUT2D eigenvalue weighted by molar-refractivity contribution is -0.152. The van der Waals surface area contributed by atoms with E-state index in [1.807, 2.05) is 21.0 Å². The summed E-state index contributed by atoms with van der Waals surface area (Å²) < 4.78 is 5.32. The van der Waals surface area contributed by atoms with E-state index in [4.69, 9.17) is 4.74 Å². The molecule has 4 nitrogen and oxygen atoms in total. The molecule has 2 unspecified atom stereocenters. The zero-order chi connectivity index (χ0) is 14.3. The van der Waals surface area contributed by atoms with Crippen LogP contribution in [0.1, 0.15) is 46.0 Å². The summed E-state index contributed by atoms with van der Waals surface area (Å²) in [7, 11) is 4.10. The zero-order valence-electron chi connectivity index (χ0n) is 13.0. The molecular weight excluding hydrogens is 240 g/mol. The van der Waals surface area contributed by atoms with Crippen LogP contribution in [0.2, 0.25) is 0 Å². The van der Waals surface area contributed by atoms with Gasteiger partial charge in [-0.3, -0.25) is 4.79 Å². The van der Waals surface area contributed by atoms with Crippen molar-refractivity contribution < 1.29 is 9.53 Å². The first-order valence-electron chi connectivity index (χ1n) is 7.57. The molecule has 4 heteroatoms. The van der Waals surface area contributed by atoms with Gasteiger partial charge in [0.1, 0.15) is 5.54 Å². The highest BCUT2D eigenvalue weighted by Gasteiger charge is 2.40. The van der Waals surface area contributed by atoms with Crippen molar-refractivity contribution in [2.45, 2.75) is 51.5 Å². The first-order valence-corrected chi connectivity index (χ1v) is 7.57. The molecule has 0 amide bonds. The van der Waals surface area contributed by atoms with Gasteiger partial charge in [-0.05, 0) is 46.2 Å². The van der Waals surface area contributed by atoms with Crippen molar-refractivity contribution in [2.24, 2.45) is 5.92 Å². The van der Waals surface area contributed by atoms with Crippen molar-refractivity contribution in [2.75, 3.05) is 33.8 Å². The van der Waals surface area contributed by atoms with E-state index in [0.717, 1.165) is 38.8 Å². The fourth-order valence-electron chi connectivity index (χ4n) is 2.76. The quantitative estimate of drug-likeness (QED) is 0.592. The highest BCUT2D eigenvalue weighted by molar-refractivity contribution is 5.80. The van der Waals surface area contributed by atoms with E-state index < -0.39 is 5.54 Å². The minimum Gasteiger partial charge on any atom is -0.465 e. The molecule has 0 bridgehead atoms. The van der Waals surface area contributed by atoms with E-state index in [1.165, 1.54) is 6.42 Å². The van der Waals surface area contributed by atoms with Gasteiger partial charge in [0.05, 0.1) is 6.61 Å². The predicted molar refractivity (Wildman–Crippen MR) is 78.2 cm³/mol. The molecule has 1 aliphatic carbocycles. The lowest BCUT2D eigenvalue weighted by Gasteiger charge is -2.32. The number of esters is 1. The minimum atomic E-state index is -0.448. The van der Waals surface area contributed by atoms with Crippen molar-refractivity contribution in [1.82, 2.24) is 10.2 Å². The van der Waals surface area contributed by atoms with Crippen molar-refractivity contribution in [3.63, 3.8) is 0 Å². The number of carbonyl (C=O) groups is 1. The lowest BCUT2D eigenvalue weighted by Crippen LogP contribution is -2.54. The molecule has 0 radical (unpaired) electrons. The first-order chi connectivity index (χ1) is 9.00. The van der Waals surface area contributed by atoms with Crippen molar-refractivity contribution >= 4 is 5.97 Å². The van der Waals surface area contributed by atoms with Gasteiger partial charge < -0.3 is 15.0 Å². The van der Waals surface area contributed by atoms with Gasteiger partial charge >= 0.3 is 5.97 Å². The maximum atomic E-state index is 12.4. The molecule has 0 aromatic rings. The lowest BCUT2D eigenvalue weighted by atomic mass is 9.89. The Bertz CT molecular complexity index is 281. The smallest absolute Gasteiger partial charge is 0.326 e. The maximum absolute atomic E-state index is 12.4. The second kappa shape index (κ2) is 7.85. The average Bonchev–Trinajstić information content (AvgIpc) is 2.53. The number of hydrogen-bond acceptors (Lipinski definition) is 4. The Morgan fingerprint density at radius 2 is 2.11 bits per heavy atom. The van der Waals surface area contributed by atoms with Gasteiger partial charge in [-0.2, -0.15) is 0 Å². The summed E-state index contributed by atoms with van der Waals surface area (Å²) >= 11 is 0. The first kappa shape index (κ1) is 16.4. The van der Waals surface area contributed by atoms with Crippen LogP contribution in [-0.2, 0) is 9.53 Å². The van der Waals surface area contributed by atoms with Gasteiger partial charge in [-0.1, -0.05) is 19.8 Å². The largest absolute Gasteiger partial charge is 0.465 e. The van der Waals surface area contributed by atoms with Gasteiger partial charge in [-0.25, -0.2) is 0 Å². The molecule has 112 valence electrons. The summed E-state index contributed by atoms with van der Waals surface area (Å²) in [6, 6.07) is 0. The summed E-state index contributed by atoms with van der Waals surface area (Å²) in [5.41, 5.74) is -0.448. The number of nitrogens with one attached hydrogen (secondary N) is 1. The second-order valence-electron chi connectivity index (χ2n) is 6.07. The molecule has 0 saturated heterocycles. The SMILES string of the molecule is CCOC(=O)C1(NCCN(C)C)CCCC(C)CC1. The molecule has 0 spiro atoms. The van der Waals surface area contributed by atoms with Crippen LogP contribution in [0, 0.1) is 5.92 Å². The maximum Gasteiger partial charge on any atom is 0.326 e. The van der Waals surface area contributed by atoms with Crippen molar-refractivity contribution in [1.29, 1.82) is 0 Å². The normalized spacial score (nSPS) is 28.2. The molecule has 1 saturated carbocycles. The zero-order valence-corrected chi connectivity index (χ0v) is 13.0. The Balaban J connectivity index is 2.68. The number of rotatable bonds is 6. The third-order valence-electron chi connectivity index (χ3n) is 4.05. The molecule has 1 aliphatic rings. The number of likely N-dealkylation sites (N-methyl/N-ethyl adjacent to an activating group) is 1. The molecule has 0 aliphatic heterocycles. The summed E-state index contributed by atoms with van der Waals surface area (Å²) in [6.45, 7) is 6.40. The highest BCUT2D eigenvalue weighted by Crippen LogP contribution is 2.31. The van der Waals surface area contributed by atoms with Gasteiger partial charge in [-0.15, -0.1) is 0 Å². The fraction of sp³-hybridized carbons (Fsp3) is 0.933. The van der Waals surface area contributed by atoms with E-state index in [0.29, 0.717) is 12.5 Å². The van der Waals surface area contributed by atoms with E-state index >= 15 is 0 Å². The monoisotopic (exact) mass is 270 g/mol. The Hall–Kier alpha value is -0.610. The molecule has 1 N–H and O–H groups in total. The molecule has 0 heterocycles. The Labute approximate surface area is 117 Å². The van der Waals surface area contributed by atoms with Crippen LogP contribution < -0.4 is 5.32 Å². The fourth-order valence-corrected chi connectivity index (χ4v) is 2.76. The van der Waals surface area contributed by atoms with Gasteiger partial charge in [0.15, 0.2) is 0 Å². The highest BCUT2D eigenvalue weighted by atomic mass is 16.5. The molecule has 19 heavy (non-hydrogen) atoms. The number of hydrogen-bond donors (Lipinski definition) is 1. The van der Waals surface area contributed by atoms with Crippen LogP contribution in [0.3, 0.4) is 0 Å². The summed E-state index contributed by atoms with van der Waals surface area (Å²) in [5.74, 6) is 0.662. The molecule has 2 atom stereocenters. The standard InChI is InChI=1S/C15H30N2O2/c1-5-19-14(18)15(16-11-12-17(3)4)9-6-7-13(2)8-10-15/h13,16H,5-12H2,1-4H3. The van der Waals surface area contributed by atoms with Crippen LogP contribution in [-0.4, -0.2) is 50.2 Å². The molecule has 1 rings (SSSR count). The van der Waals surface area contributed by atoms with Crippen LogP contribution in [0.15, 0.2) is 0 Å². The number of ether oxygens (including phenoxy) is 1. The Kier molecular flexibility index (Phi) is 6.80. The molecular formula is C15H30N2O2. The van der Waals surface area contributed by atoms with Gasteiger partial charge in [0, 0.05) is 13.1 Å². The van der Waals surface area contributed by atoms with Crippen LogP contribution in [0.5, 0.6) is 0 Å². The van der Waals surface area contributed by atoms with Crippen LogP contribution in [0.4, 0.5) is 0 Å². The third kappa shape index (κ3) is 5.11. The third-order valence-corrected chi connectivity index (χ3v) is 4.05. The molecule has 1 fully saturated rings. The second-order valence-corrected chi connectivity index (χ2v) is 6.07. The van der Waals surface area contributed by atoms with Crippen molar-refractivity contribution in [3.8, 4) is 0 Å². The summed E-state index contributed by atoms with van der Waals surface area (Å²) in [6.07, 6.45) is 5.24. The van der Waals surface area contributed by atoms with E-state index in [9.17, 15) is 4.79 Å². The van der Waals surface area contributed by atoms with Crippen LogP contribution >= 0.6 is 0 Å². The van der Waals surface area contributed by atoms with E-state index in [-0.39, 0.29) is 5.97 Å². The van der Waals surface area contributed by atoms with E-state index in [1.54, 1.807) is 0 Å². The molecule has 0 aromatic carbocycles. The minimum absolute atomic E-state index is 0.0529. The number of nitrogens with zero attached hydrogens (tertiary/aromatic N) is 1. The topological polar surface area (TPSA) is 41.6 Å². The molecule has 0 aromatic heterocycles. The predicted octanol–water partition coefficient (Wildman–Crippen LogP) is 2.04. The van der Waals surface area contributed by atoms with Gasteiger partial charge in [0.2, 0.25) is 0 Å². The van der Waals surface area contributed by atoms with Crippen LogP contribution in [0.25, 0.3) is 0 Å². The van der Waals surface area contributed by atoms with Gasteiger partial charge in [0.25, 0.3) is 0 Å². The average molecular weight is 270 g/mol. The summed E-state index contributed by atoms with van der Waals surface area (Å²) in [5, 5.41) is 3.50. The van der Waals surface area contributed by atoms with E-state index in [2.05, 4.69) is 17.1 Å². The summed E-state index contributed by atoms with van der Waals surface area (Å²) in [4.78, 5) is 14.5. The number of carbonyl (C=O) groups excluding carboxylic acids is 1. The van der Waals surface area contributed by atoms with Crippen molar-refractivity contribution in [3.05, 3.63) is 0 Å². The Morgan fingerprint density at radius 1 is 1.37 bits per heavy atom. The Morgan fingerprint density at radius 3 is 2.74 bits per heavy atom.